The first kappa shape index (κ1) is 14.3. The molecule has 0 radical (unpaired) electrons. The van der Waals surface area contributed by atoms with Crippen molar-refractivity contribution in [3.8, 4) is 16.9 Å². The molecule has 110 valence electrons. The number of aliphatic hydroxyl groups excluding tert-OH is 1. The Morgan fingerprint density at radius 1 is 0.864 bits per heavy atom. The van der Waals surface area contributed by atoms with E-state index in [0.717, 1.165) is 16.9 Å². The third-order valence-electron chi connectivity index (χ3n) is 3.44. The maximum atomic E-state index is 10.0. The Balaban J connectivity index is 1.62. The first-order valence-electron chi connectivity index (χ1n) is 7.19. The average molecular weight is 291 g/mol. The van der Waals surface area contributed by atoms with Gasteiger partial charge < -0.3 is 9.84 Å². The molecular weight excluding hydrogens is 274 g/mol. The van der Waals surface area contributed by atoms with E-state index in [0.29, 0.717) is 0 Å². The Morgan fingerprint density at radius 2 is 1.59 bits per heavy atom. The van der Waals surface area contributed by atoms with Gasteiger partial charge in [-0.05, 0) is 29.3 Å². The number of nitrogens with zero attached hydrogens (tertiary/aromatic N) is 1. The molecule has 22 heavy (non-hydrogen) atoms. The van der Waals surface area contributed by atoms with Gasteiger partial charge in [0.15, 0.2) is 0 Å². The van der Waals surface area contributed by atoms with Crippen LogP contribution < -0.4 is 4.74 Å². The molecule has 1 unspecified atom stereocenters. The zero-order chi connectivity index (χ0) is 15.2. The molecule has 0 aliphatic carbocycles. The van der Waals surface area contributed by atoms with Crippen molar-refractivity contribution in [3.05, 3.63) is 84.7 Å². The molecule has 1 atom stereocenters. The molecule has 0 aliphatic rings. The van der Waals surface area contributed by atoms with Crippen LogP contribution in [0.4, 0.5) is 0 Å². The second kappa shape index (κ2) is 6.87. The van der Waals surface area contributed by atoms with Gasteiger partial charge in [0.05, 0.1) is 0 Å². The van der Waals surface area contributed by atoms with E-state index in [1.807, 2.05) is 48.5 Å². The van der Waals surface area contributed by atoms with Gasteiger partial charge in [0.1, 0.15) is 18.5 Å². The second-order valence-corrected chi connectivity index (χ2v) is 5.00. The van der Waals surface area contributed by atoms with Crippen LogP contribution in [0.5, 0.6) is 5.75 Å². The molecule has 0 amide bonds. The Labute approximate surface area is 129 Å². The summed E-state index contributed by atoms with van der Waals surface area (Å²) in [4.78, 5) is 3.99. The van der Waals surface area contributed by atoms with E-state index in [1.165, 1.54) is 5.56 Å². The first-order chi connectivity index (χ1) is 10.8. The highest BCUT2D eigenvalue weighted by Crippen LogP contribution is 2.22. The molecule has 0 spiro atoms. The molecule has 0 aliphatic heterocycles. The predicted octanol–water partition coefficient (Wildman–Crippen LogP) is 3.86. The summed E-state index contributed by atoms with van der Waals surface area (Å²) in [6.07, 6.45) is 2.65. The number of benzene rings is 2. The zero-order valence-electron chi connectivity index (χ0n) is 12.1. The summed E-state index contributed by atoms with van der Waals surface area (Å²) in [6.45, 7) is 0.205. The number of hydrogen-bond acceptors (Lipinski definition) is 3. The van der Waals surface area contributed by atoms with Crippen LogP contribution in [0.3, 0.4) is 0 Å². The van der Waals surface area contributed by atoms with Crippen LogP contribution in [0, 0.1) is 0 Å². The number of aliphatic hydroxyl groups is 1. The highest BCUT2D eigenvalue weighted by molar-refractivity contribution is 5.63. The van der Waals surface area contributed by atoms with E-state index in [2.05, 4.69) is 17.1 Å². The normalized spacial score (nSPS) is 11.9. The number of hydrogen-bond donors (Lipinski definition) is 1. The standard InChI is InChI=1S/C19H17NO2/c21-19(17-7-4-12-20-13-17)14-22-18-10-8-16(9-11-18)15-5-2-1-3-6-15/h1-13,19,21H,14H2. The minimum Gasteiger partial charge on any atom is -0.491 e. The van der Waals surface area contributed by atoms with Crippen molar-refractivity contribution in [1.29, 1.82) is 0 Å². The molecule has 0 saturated carbocycles. The summed E-state index contributed by atoms with van der Waals surface area (Å²) in [5.74, 6) is 0.739. The van der Waals surface area contributed by atoms with Crippen molar-refractivity contribution < 1.29 is 9.84 Å². The molecule has 3 nitrogen and oxygen atoms in total. The molecule has 3 aromatic rings. The van der Waals surface area contributed by atoms with Crippen molar-refractivity contribution in [3.63, 3.8) is 0 Å². The number of pyridine rings is 1. The highest BCUT2D eigenvalue weighted by atomic mass is 16.5. The first-order valence-corrected chi connectivity index (χ1v) is 7.19. The van der Waals surface area contributed by atoms with Gasteiger partial charge in [-0.25, -0.2) is 0 Å². The van der Waals surface area contributed by atoms with Crippen LogP contribution in [0.2, 0.25) is 0 Å². The molecule has 0 saturated heterocycles. The Kier molecular flexibility index (Phi) is 4.47. The van der Waals surface area contributed by atoms with E-state index >= 15 is 0 Å². The zero-order valence-corrected chi connectivity index (χ0v) is 12.1. The van der Waals surface area contributed by atoms with Gasteiger partial charge in [-0.2, -0.15) is 0 Å². The number of rotatable bonds is 5. The lowest BCUT2D eigenvalue weighted by atomic mass is 10.1. The maximum Gasteiger partial charge on any atom is 0.119 e. The summed E-state index contributed by atoms with van der Waals surface area (Å²) >= 11 is 0. The van der Waals surface area contributed by atoms with Crippen LogP contribution in [0.15, 0.2) is 79.1 Å². The van der Waals surface area contributed by atoms with Crippen LogP contribution in [0.1, 0.15) is 11.7 Å². The van der Waals surface area contributed by atoms with Gasteiger partial charge in [-0.3, -0.25) is 4.98 Å². The Bertz CT molecular complexity index is 697. The van der Waals surface area contributed by atoms with Gasteiger partial charge in [-0.15, -0.1) is 0 Å². The molecule has 3 rings (SSSR count). The molecule has 0 fully saturated rings. The summed E-state index contributed by atoms with van der Waals surface area (Å²) in [7, 11) is 0. The van der Waals surface area contributed by atoms with Gasteiger partial charge in [0, 0.05) is 18.0 Å². The monoisotopic (exact) mass is 291 g/mol. The fraction of sp³-hybridized carbons (Fsp3) is 0.105. The lowest BCUT2D eigenvalue weighted by Gasteiger charge is -2.12. The number of ether oxygens (including phenoxy) is 1. The quantitative estimate of drug-likeness (QED) is 0.776. The molecular formula is C19H17NO2. The average Bonchev–Trinajstić information content (AvgIpc) is 2.61. The van der Waals surface area contributed by atoms with E-state index < -0.39 is 6.10 Å². The molecule has 2 aromatic carbocycles. The minimum absolute atomic E-state index is 0.205. The maximum absolute atomic E-state index is 10.0. The van der Waals surface area contributed by atoms with E-state index in [-0.39, 0.29) is 6.61 Å². The summed E-state index contributed by atoms with van der Waals surface area (Å²) < 4.78 is 5.64. The largest absolute Gasteiger partial charge is 0.491 e. The Hall–Kier alpha value is -2.65. The fourth-order valence-electron chi connectivity index (χ4n) is 2.22. The number of aromatic nitrogens is 1. The highest BCUT2D eigenvalue weighted by Gasteiger charge is 2.08. The van der Waals surface area contributed by atoms with Gasteiger partial charge in [0.2, 0.25) is 0 Å². The smallest absolute Gasteiger partial charge is 0.119 e. The summed E-state index contributed by atoms with van der Waals surface area (Å²) in [5, 5.41) is 10.0. The Morgan fingerprint density at radius 3 is 2.27 bits per heavy atom. The topological polar surface area (TPSA) is 42.4 Å². The van der Waals surface area contributed by atoms with Crippen molar-refractivity contribution >= 4 is 0 Å². The van der Waals surface area contributed by atoms with Crippen molar-refractivity contribution in [1.82, 2.24) is 4.98 Å². The third kappa shape index (κ3) is 3.51. The molecule has 0 bridgehead atoms. The summed E-state index contributed by atoms with van der Waals surface area (Å²) in [6, 6.07) is 21.7. The van der Waals surface area contributed by atoms with Gasteiger partial charge >= 0.3 is 0 Å². The van der Waals surface area contributed by atoms with Gasteiger partial charge in [0.25, 0.3) is 0 Å². The van der Waals surface area contributed by atoms with Crippen molar-refractivity contribution in [2.24, 2.45) is 0 Å². The van der Waals surface area contributed by atoms with E-state index in [1.54, 1.807) is 18.5 Å². The molecule has 1 heterocycles. The predicted molar refractivity (Wildman–Crippen MR) is 86.6 cm³/mol. The lowest BCUT2D eigenvalue weighted by Crippen LogP contribution is -2.09. The molecule has 3 heteroatoms. The van der Waals surface area contributed by atoms with Crippen LogP contribution in [-0.4, -0.2) is 16.7 Å². The third-order valence-corrected chi connectivity index (χ3v) is 3.44. The minimum atomic E-state index is -0.678. The van der Waals surface area contributed by atoms with Gasteiger partial charge in [-0.1, -0.05) is 48.5 Å². The van der Waals surface area contributed by atoms with Crippen LogP contribution in [-0.2, 0) is 0 Å². The molecule has 1 aromatic heterocycles. The van der Waals surface area contributed by atoms with Crippen molar-refractivity contribution in [2.75, 3.05) is 6.61 Å². The van der Waals surface area contributed by atoms with E-state index in [9.17, 15) is 5.11 Å². The lowest BCUT2D eigenvalue weighted by molar-refractivity contribution is 0.108. The van der Waals surface area contributed by atoms with E-state index in [4.69, 9.17) is 4.74 Å². The second-order valence-electron chi connectivity index (χ2n) is 5.00. The SMILES string of the molecule is OC(COc1ccc(-c2ccccc2)cc1)c1cccnc1. The van der Waals surface area contributed by atoms with Crippen molar-refractivity contribution in [2.45, 2.75) is 6.10 Å². The van der Waals surface area contributed by atoms with Crippen LogP contribution in [0.25, 0.3) is 11.1 Å². The fourth-order valence-corrected chi connectivity index (χ4v) is 2.22. The molecule has 1 N–H and O–H groups in total. The van der Waals surface area contributed by atoms with Crippen LogP contribution >= 0.6 is 0 Å². The summed E-state index contributed by atoms with van der Waals surface area (Å²) in [5.41, 5.74) is 3.06.